The van der Waals surface area contributed by atoms with Gasteiger partial charge in [0.15, 0.2) is 0 Å². The van der Waals surface area contributed by atoms with E-state index in [1.54, 1.807) is 12.1 Å². The van der Waals surface area contributed by atoms with Crippen LogP contribution in [-0.2, 0) is 0 Å². The first kappa shape index (κ1) is 15.8. The van der Waals surface area contributed by atoms with Crippen LogP contribution in [0.15, 0.2) is 34.2 Å². The van der Waals surface area contributed by atoms with Crippen molar-refractivity contribution in [1.29, 1.82) is 0 Å². The topological polar surface area (TPSA) is 32.6 Å². The number of phenols is 1. The van der Waals surface area contributed by atoms with Gasteiger partial charge in [-0.1, -0.05) is 25.5 Å². The number of benzene rings is 1. The number of aliphatic imine (C=N–C) groups is 1. The lowest BCUT2D eigenvalue weighted by Gasteiger charge is -2.13. The third kappa shape index (κ3) is 4.43. The van der Waals surface area contributed by atoms with Gasteiger partial charge >= 0.3 is 0 Å². The van der Waals surface area contributed by atoms with E-state index in [1.165, 1.54) is 17.7 Å². The maximum Gasteiger partial charge on any atom is 0.116 e. The Kier molecular flexibility index (Phi) is 6.71. The summed E-state index contributed by atoms with van der Waals surface area (Å²) in [6.45, 7) is 6.28. The van der Waals surface area contributed by atoms with Crippen LogP contribution in [0.3, 0.4) is 0 Å². The van der Waals surface area contributed by atoms with Gasteiger partial charge in [-0.25, -0.2) is 0 Å². The van der Waals surface area contributed by atoms with Crippen molar-refractivity contribution >= 4 is 17.5 Å². The average molecular weight is 277 g/mol. The maximum absolute atomic E-state index is 9.67. The molecular weight excluding hydrogens is 254 g/mol. The fraction of sp³-hybridized carbons (Fsp3) is 0.438. The van der Waals surface area contributed by atoms with Crippen LogP contribution < -0.4 is 0 Å². The highest BCUT2D eigenvalue weighted by Crippen LogP contribution is 2.26. The summed E-state index contributed by atoms with van der Waals surface area (Å²) in [5.41, 5.74) is 3.12. The lowest BCUT2D eigenvalue weighted by molar-refractivity contribution is 0.475. The van der Waals surface area contributed by atoms with Crippen molar-refractivity contribution in [2.45, 2.75) is 33.6 Å². The summed E-state index contributed by atoms with van der Waals surface area (Å²) in [4.78, 5) is 5.61. The summed E-state index contributed by atoms with van der Waals surface area (Å²) in [7, 11) is 1.81. The van der Waals surface area contributed by atoms with Crippen molar-refractivity contribution in [3.05, 3.63) is 40.3 Å². The Labute approximate surface area is 120 Å². The van der Waals surface area contributed by atoms with E-state index in [2.05, 4.69) is 18.0 Å². The van der Waals surface area contributed by atoms with E-state index in [0.29, 0.717) is 0 Å². The Morgan fingerprint density at radius 1 is 1.42 bits per heavy atom. The zero-order valence-corrected chi connectivity index (χ0v) is 13.0. The molecule has 0 fully saturated rings. The largest absolute Gasteiger partial charge is 0.508 e. The Bertz CT molecular complexity index is 478. The van der Waals surface area contributed by atoms with E-state index in [4.69, 9.17) is 0 Å². The summed E-state index contributed by atoms with van der Waals surface area (Å²) >= 11 is 1.84. The summed E-state index contributed by atoms with van der Waals surface area (Å²) in [5.74, 6) is 1.39. The van der Waals surface area contributed by atoms with Gasteiger partial charge in [-0.2, -0.15) is 0 Å². The molecule has 0 aliphatic heterocycles. The molecule has 0 saturated heterocycles. The lowest BCUT2D eigenvalue weighted by atomic mass is 10.0. The first-order valence-corrected chi connectivity index (χ1v) is 7.68. The normalized spacial score (nSPS) is 12.8. The number of allylic oxidation sites excluding steroid dienone is 2. The molecule has 0 bridgehead atoms. The quantitative estimate of drug-likeness (QED) is 0.611. The Hall–Kier alpha value is -1.22. The fourth-order valence-corrected chi connectivity index (χ4v) is 3.00. The maximum atomic E-state index is 9.67. The van der Waals surface area contributed by atoms with Crippen LogP contribution in [-0.4, -0.2) is 23.6 Å². The summed E-state index contributed by atoms with van der Waals surface area (Å²) in [6.07, 6.45) is 4.51. The second-order valence-corrected chi connectivity index (χ2v) is 5.56. The van der Waals surface area contributed by atoms with Gasteiger partial charge < -0.3 is 5.11 Å². The minimum atomic E-state index is 0.288. The van der Waals surface area contributed by atoms with Gasteiger partial charge in [-0.3, -0.25) is 4.99 Å². The van der Waals surface area contributed by atoms with E-state index in [0.717, 1.165) is 22.6 Å². The van der Waals surface area contributed by atoms with Crippen molar-refractivity contribution in [2.75, 3.05) is 12.8 Å². The third-order valence-corrected chi connectivity index (χ3v) is 4.18. The van der Waals surface area contributed by atoms with E-state index >= 15 is 0 Å². The monoisotopic (exact) mass is 277 g/mol. The van der Waals surface area contributed by atoms with Crippen LogP contribution in [0.4, 0.5) is 0 Å². The molecule has 1 rings (SSSR count). The van der Waals surface area contributed by atoms with Gasteiger partial charge in [0, 0.05) is 17.5 Å². The van der Waals surface area contributed by atoms with E-state index < -0.39 is 0 Å². The third-order valence-electron chi connectivity index (χ3n) is 2.95. The van der Waals surface area contributed by atoms with Gasteiger partial charge in [0.2, 0.25) is 0 Å². The molecule has 3 heteroatoms. The minimum absolute atomic E-state index is 0.288. The second-order valence-electron chi connectivity index (χ2n) is 4.43. The van der Waals surface area contributed by atoms with E-state index in [9.17, 15) is 5.11 Å². The first-order valence-electron chi connectivity index (χ1n) is 6.70. The number of thioether (sulfide) groups is 1. The number of aromatic hydroxyl groups is 1. The van der Waals surface area contributed by atoms with Crippen molar-refractivity contribution in [1.82, 2.24) is 0 Å². The molecule has 0 unspecified atom stereocenters. The number of hydrogen-bond acceptors (Lipinski definition) is 3. The highest BCUT2D eigenvalue weighted by molar-refractivity contribution is 8.04. The number of rotatable bonds is 6. The van der Waals surface area contributed by atoms with Crippen LogP contribution >= 0.6 is 11.8 Å². The van der Waals surface area contributed by atoms with Crippen LogP contribution in [0.25, 0.3) is 0 Å². The van der Waals surface area contributed by atoms with Crippen molar-refractivity contribution in [2.24, 2.45) is 4.99 Å². The predicted molar refractivity (Wildman–Crippen MR) is 86.4 cm³/mol. The van der Waals surface area contributed by atoms with Crippen molar-refractivity contribution in [3.63, 3.8) is 0 Å². The van der Waals surface area contributed by atoms with Crippen LogP contribution in [0.5, 0.6) is 5.75 Å². The summed E-state index contributed by atoms with van der Waals surface area (Å²) in [5, 5.41) is 9.67. The van der Waals surface area contributed by atoms with Gasteiger partial charge in [0.05, 0.1) is 5.71 Å². The smallest absolute Gasteiger partial charge is 0.116 e. The number of hydrogen-bond donors (Lipinski definition) is 1. The molecule has 0 saturated carbocycles. The molecular formula is C16H23NOS. The molecule has 1 aromatic carbocycles. The molecule has 0 spiro atoms. The zero-order valence-electron chi connectivity index (χ0n) is 12.2. The van der Waals surface area contributed by atoms with Crippen molar-refractivity contribution in [3.8, 4) is 5.75 Å². The van der Waals surface area contributed by atoms with Crippen LogP contribution in [0.2, 0.25) is 0 Å². The molecule has 0 radical (unpaired) electrons. The molecule has 0 heterocycles. The zero-order chi connectivity index (χ0) is 14.3. The first-order chi connectivity index (χ1) is 9.13. The SMILES string of the molecule is C/C=C(\SCCCC)C(=NC)c1cc(O)ccc1C. The van der Waals surface area contributed by atoms with Crippen molar-refractivity contribution < 1.29 is 5.11 Å². The van der Waals surface area contributed by atoms with E-state index in [1.807, 2.05) is 38.7 Å². The average Bonchev–Trinajstić information content (AvgIpc) is 2.41. The lowest BCUT2D eigenvalue weighted by Crippen LogP contribution is -2.05. The molecule has 0 amide bonds. The number of nitrogens with zero attached hydrogens (tertiary/aromatic N) is 1. The van der Waals surface area contributed by atoms with Gasteiger partial charge in [0.25, 0.3) is 0 Å². The number of unbranched alkanes of at least 4 members (excludes halogenated alkanes) is 1. The molecule has 104 valence electrons. The molecule has 0 atom stereocenters. The number of phenolic OH excluding ortho intramolecular Hbond substituents is 1. The summed E-state index contributed by atoms with van der Waals surface area (Å²) < 4.78 is 0. The second kappa shape index (κ2) is 8.05. The Balaban J connectivity index is 3.02. The Morgan fingerprint density at radius 2 is 2.16 bits per heavy atom. The minimum Gasteiger partial charge on any atom is -0.508 e. The standard InChI is InChI=1S/C16H23NOS/c1-5-7-10-19-15(6-2)16(17-4)14-11-13(18)9-8-12(14)3/h6,8-9,11,18H,5,7,10H2,1-4H3/b15-6-,17-16?. The summed E-state index contributed by atoms with van der Waals surface area (Å²) in [6, 6.07) is 5.44. The molecule has 1 N–H and O–H groups in total. The van der Waals surface area contributed by atoms with E-state index in [-0.39, 0.29) is 5.75 Å². The molecule has 2 nitrogen and oxygen atoms in total. The van der Waals surface area contributed by atoms with Crippen LogP contribution in [0, 0.1) is 6.92 Å². The fourth-order valence-electron chi connectivity index (χ4n) is 1.84. The molecule has 19 heavy (non-hydrogen) atoms. The predicted octanol–water partition coefficient (Wildman–Crippen LogP) is 4.56. The number of aryl methyl sites for hydroxylation is 1. The molecule has 0 aliphatic rings. The van der Waals surface area contributed by atoms with Gasteiger partial charge in [0.1, 0.15) is 5.75 Å². The van der Waals surface area contributed by atoms with Gasteiger partial charge in [-0.05, 0) is 43.7 Å². The van der Waals surface area contributed by atoms with Crippen LogP contribution in [0.1, 0.15) is 37.8 Å². The highest BCUT2D eigenvalue weighted by Gasteiger charge is 2.12. The molecule has 1 aromatic rings. The van der Waals surface area contributed by atoms with Gasteiger partial charge in [-0.15, -0.1) is 11.8 Å². The molecule has 0 aromatic heterocycles. The molecule has 0 aliphatic carbocycles. The highest BCUT2D eigenvalue weighted by atomic mass is 32.2. The Morgan fingerprint density at radius 3 is 2.74 bits per heavy atom.